The zero-order chi connectivity index (χ0) is 15.4. The summed E-state index contributed by atoms with van der Waals surface area (Å²) in [5.41, 5.74) is 6.72. The summed E-state index contributed by atoms with van der Waals surface area (Å²) in [6, 6.07) is 11.1. The molecule has 0 aliphatic rings. The van der Waals surface area contributed by atoms with E-state index in [-0.39, 0.29) is 0 Å². The third-order valence-electron chi connectivity index (χ3n) is 2.79. The lowest BCUT2D eigenvalue weighted by Crippen LogP contribution is -2.12. The summed E-state index contributed by atoms with van der Waals surface area (Å²) in [4.78, 5) is 11.3. The summed E-state index contributed by atoms with van der Waals surface area (Å²) in [6.07, 6.45) is 0. The van der Waals surface area contributed by atoms with Crippen LogP contribution in [0.4, 0.5) is 0 Å². The van der Waals surface area contributed by atoms with Crippen LogP contribution in [0.2, 0.25) is 0 Å². The van der Waals surface area contributed by atoms with E-state index in [1.165, 1.54) is 7.11 Å². The van der Waals surface area contributed by atoms with Crippen LogP contribution in [0.3, 0.4) is 0 Å². The number of rotatable bonds is 5. The maximum Gasteiger partial charge on any atom is 0.248 e. The Bertz CT molecular complexity index is 676. The van der Waals surface area contributed by atoms with Crippen molar-refractivity contribution in [2.75, 3.05) is 7.11 Å². The summed E-state index contributed by atoms with van der Waals surface area (Å²) in [6.45, 7) is 0.404. The second-order valence-electron chi connectivity index (χ2n) is 4.27. The van der Waals surface area contributed by atoms with Gasteiger partial charge >= 0.3 is 0 Å². The summed E-state index contributed by atoms with van der Waals surface area (Å²) >= 11 is 5.52. The van der Waals surface area contributed by atoms with Crippen LogP contribution in [0.1, 0.15) is 15.9 Å². The zero-order valence-electron chi connectivity index (χ0n) is 11.2. The van der Waals surface area contributed by atoms with Crippen LogP contribution in [0, 0.1) is 3.57 Å². The van der Waals surface area contributed by atoms with E-state index in [1.54, 1.807) is 12.1 Å². The van der Waals surface area contributed by atoms with Gasteiger partial charge in [0.25, 0.3) is 0 Å². The van der Waals surface area contributed by atoms with Crippen molar-refractivity contribution in [2.24, 2.45) is 5.73 Å². The number of benzene rings is 2. The van der Waals surface area contributed by atoms with E-state index >= 15 is 0 Å². The molecule has 0 aliphatic carbocycles. The molecule has 2 aromatic rings. The molecule has 6 heteroatoms. The van der Waals surface area contributed by atoms with E-state index < -0.39 is 5.91 Å². The largest absolute Gasteiger partial charge is 0.493 e. The van der Waals surface area contributed by atoms with Crippen LogP contribution in [0.15, 0.2) is 40.9 Å². The van der Waals surface area contributed by atoms with Gasteiger partial charge in [0.05, 0.1) is 10.7 Å². The number of nitrogens with two attached hydrogens (primary N) is 1. The van der Waals surface area contributed by atoms with Crippen LogP contribution in [-0.4, -0.2) is 13.0 Å². The van der Waals surface area contributed by atoms with Gasteiger partial charge in [0.2, 0.25) is 5.91 Å². The Hall–Kier alpha value is -1.28. The predicted octanol–water partition coefficient (Wildman–Crippen LogP) is 3.74. The highest BCUT2D eigenvalue weighted by molar-refractivity contribution is 14.1. The fraction of sp³-hybridized carbons (Fsp3) is 0.133. The molecule has 0 saturated carbocycles. The van der Waals surface area contributed by atoms with Gasteiger partial charge in [-0.15, -0.1) is 0 Å². The minimum absolute atomic E-state index is 0.394. The Morgan fingerprint density at radius 3 is 2.71 bits per heavy atom. The quantitative estimate of drug-likeness (QED) is 0.690. The number of carbonyl (C=O) groups is 1. The first-order valence-corrected chi connectivity index (χ1v) is 7.93. The van der Waals surface area contributed by atoms with Crippen LogP contribution in [0.5, 0.6) is 11.5 Å². The highest BCUT2D eigenvalue weighted by Crippen LogP contribution is 2.34. The molecule has 2 N–H and O–H groups in total. The topological polar surface area (TPSA) is 61.5 Å². The highest BCUT2D eigenvalue weighted by atomic mass is 127. The molecule has 4 nitrogen and oxygen atoms in total. The molecular weight excluding hydrogens is 449 g/mol. The molecule has 0 aromatic heterocycles. The molecule has 0 unspecified atom stereocenters. The summed E-state index contributed by atoms with van der Waals surface area (Å²) < 4.78 is 12.9. The first kappa shape index (κ1) is 16.1. The standard InChI is InChI=1S/C15H13BrINO3/c1-20-13-7-10(15(18)19)6-12(17)14(13)21-8-9-3-2-4-11(16)5-9/h2-7H,8H2,1H3,(H2,18,19). The molecule has 0 aliphatic heterocycles. The Morgan fingerprint density at radius 1 is 1.33 bits per heavy atom. The average molecular weight is 462 g/mol. The third-order valence-corrected chi connectivity index (χ3v) is 4.08. The molecule has 0 fully saturated rings. The summed E-state index contributed by atoms with van der Waals surface area (Å²) in [7, 11) is 1.53. The lowest BCUT2D eigenvalue weighted by atomic mass is 10.2. The number of hydrogen-bond donors (Lipinski definition) is 1. The van der Waals surface area contributed by atoms with Gasteiger partial charge in [0.1, 0.15) is 6.61 Å². The molecule has 21 heavy (non-hydrogen) atoms. The van der Waals surface area contributed by atoms with E-state index in [0.29, 0.717) is 23.7 Å². The van der Waals surface area contributed by atoms with Gasteiger partial charge in [-0.25, -0.2) is 0 Å². The molecule has 0 radical (unpaired) electrons. The van der Waals surface area contributed by atoms with E-state index in [0.717, 1.165) is 13.6 Å². The SMILES string of the molecule is COc1cc(C(N)=O)cc(I)c1OCc1cccc(Br)c1. The molecule has 2 aromatic carbocycles. The van der Waals surface area contributed by atoms with Crippen molar-refractivity contribution in [1.82, 2.24) is 0 Å². The number of hydrogen-bond acceptors (Lipinski definition) is 3. The lowest BCUT2D eigenvalue weighted by Gasteiger charge is -2.14. The van der Waals surface area contributed by atoms with E-state index in [4.69, 9.17) is 15.2 Å². The maximum absolute atomic E-state index is 11.3. The zero-order valence-corrected chi connectivity index (χ0v) is 15.0. The minimum Gasteiger partial charge on any atom is -0.493 e. The van der Waals surface area contributed by atoms with Gasteiger partial charge in [-0.3, -0.25) is 4.79 Å². The minimum atomic E-state index is -0.496. The normalized spacial score (nSPS) is 10.2. The fourth-order valence-corrected chi connectivity index (χ4v) is 2.99. The Balaban J connectivity index is 2.25. The van der Waals surface area contributed by atoms with Crippen molar-refractivity contribution in [3.05, 3.63) is 55.6 Å². The van der Waals surface area contributed by atoms with Crippen molar-refractivity contribution in [3.63, 3.8) is 0 Å². The highest BCUT2D eigenvalue weighted by Gasteiger charge is 2.14. The van der Waals surface area contributed by atoms with Crippen molar-refractivity contribution in [1.29, 1.82) is 0 Å². The molecule has 1 amide bonds. The molecule has 0 atom stereocenters. The molecular formula is C15H13BrINO3. The first-order valence-electron chi connectivity index (χ1n) is 6.06. The van der Waals surface area contributed by atoms with Gasteiger partial charge in [0, 0.05) is 10.0 Å². The molecule has 0 saturated heterocycles. The van der Waals surface area contributed by atoms with Crippen LogP contribution in [0.25, 0.3) is 0 Å². The number of primary amides is 1. The predicted molar refractivity (Wildman–Crippen MR) is 92.7 cm³/mol. The molecule has 2 rings (SSSR count). The van der Waals surface area contributed by atoms with Crippen LogP contribution in [-0.2, 0) is 6.61 Å². The number of ether oxygens (including phenoxy) is 2. The number of amides is 1. The Kier molecular flexibility index (Phi) is 5.46. The Morgan fingerprint density at radius 2 is 2.10 bits per heavy atom. The maximum atomic E-state index is 11.3. The van der Waals surface area contributed by atoms with E-state index in [2.05, 4.69) is 38.5 Å². The summed E-state index contributed by atoms with van der Waals surface area (Å²) in [5, 5.41) is 0. The first-order chi connectivity index (χ1) is 10.0. The molecule has 110 valence electrons. The van der Waals surface area contributed by atoms with Gasteiger partial charge in [0.15, 0.2) is 11.5 Å². The van der Waals surface area contributed by atoms with E-state index in [1.807, 2.05) is 24.3 Å². The van der Waals surface area contributed by atoms with Crippen molar-refractivity contribution >= 4 is 44.4 Å². The van der Waals surface area contributed by atoms with Gasteiger partial charge < -0.3 is 15.2 Å². The smallest absolute Gasteiger partial charge is 0.248 e. The number of halogens is 2. The molecule has 0 bridgehead atoms. The molecule has 0 spiro atoms. The van der Waals surface area contributed by atoms with Crippen molar-refractivity contribution in [2.45, 2.75) is 6.61 Å². The fourth-order valence-electron chi connectivity index (χ4n) is 1.78. The molecule has 0 heterocycles. The summed E-state index contributed by atoms with van der Waals surface area (Å²) in [5.74, 6) is 0.596. The van der Waals surface area contributed by atoms with Gasteiger partial charge in [-0.1, -0.05) is 28.1 Å². The van der Waals surface area contributed by atoms with Crippen LogP contribution >= 0.6 is 38.5 Å². The van der Waals surface area contributed by atoms with E-state index in [9.17, 15) is 4.79 Å². The average Bonchev–Trinajstić information content (AvgIpc) is 2.45. The van der Waals surface area contributed by atoms with Crippen LogP contribution < -0.4 is 15.2 Å². The monoisotopic (exact) mass is 461 g/mol. The lowest BCUT2D eigenvalue weighted by molar-refractivity contribution is 0.1000. The third kappa shape index (κ3) is 4.10. The second-order valence-corrected chi connectivity index (χ2v) is 6.35. The van der Waals surface area contributed by atoms with Gasteiger partial charge in [-0.2, -0.15) is 0 Å². The number of carbonyl (C=O) groups excluding carboxylic acids is 1. The van der Waals surface area contributed by atoms with Crippen molar-refractivity contribution in [3.8, 4) is 11.5 Å². The van der Waals surface area contributed by atoms with Gasteiger partial charge in [-0.05, 0) is 52.4 Å². The Labute approximate surface area is 144 Å². The second kappa shape index (κ2) is 7.13. The van der Waals surface area contributed by atoms with Crippen molar-refractivity contribution < 1.29 is 14.3 Å². The number of methoxy groups -OCH3 is 1.